The van der Waals surface area contributed by atoms with Crippen LogP contribution in [0, 0.1) is 6.92 Å². The van der Waals surface area contributed by atoms with Gasteiger partial charge < -0.3 is 10.1 Å². The summed E-state index contributed by atoms with van der Waals surface area (Å²) in [6, 6.07) is 13.6. The average molecular weight is 419 g/mol. The molecule has 7 heteroatoms. The Morgan fingerprint density at radius 1 is 1.07 bits per heavy atom. The van der Waals surface area contributed by atoms with Gasteiger partial charge in [0.1, 0.15) is 5.75 Å². The highest BCUT2D eigenvalue weighted by Crippen LogP contribution is 2.25. The topological polar surface area (TPSA) is 75.7 Å². The largest absolute Gasteiger partial charge is 0.484 e. The monoisotopic (exact) mass is 418 g/mol. The molecule has 0 bridgehead atoms. The minimum atomic E-state index is -3.65. The number of benzene rings is 2. The van der Waals surface area contributed by atoms with Gasteiger partial charge in [0, 0.05) is 12.6 Å². The fourth-order valence-electron chi connectivity index (χ4n) is 3.01. The van der Waals surface area contributed by atoms with E-state index in [0.717, 1.165) is 18.4 Å². The molecule has 1 atom stereocenters. The quantitative estimate of drug-likeness (QED) is 0.635. The number of nitrogens with one attached hydrogen (secondary N) is 1. The maximum atomic E-state index is 13.0. The van der Waals surface area contributed by atoms with Crippen LogP contribution in [-0.2, 0) is 14.8 Å². The first kappa shape index (κ1) is 22.7. The van der Waals surface area contributed by atoms with Crippen LogP contribution in [0.3, 0.4) is 0 Å². The molecule has 0 aliphatic heterocycles. The lowest BCUT2D eigenvalue weighted by Gasteiger charge is -2.23. The van der Waals surface area contributed by atoms with Crippen LogP contribution < -0.4 is 14.4 Å². The first-order chi connectivity index (χ1) is 13.8. The van der Waals surface area contributed by atoms with Gasteiger partial charge >= 0.3 is 0 Å². The summed E-state index contributed by atoms with van der Waals surface area (Å²) in [5.74, 6) is 0.336. The van der Waals surface area contributed by atoms with E-state index in [-0.39, 0.29) is 23.5 Å². The highest BCUT2D eigenvalue weighted by molar-refractivity contribution is 7.92. The summed E-state index contributed by atoms with van der Waals surface area (Å²) in [6.07, 6.45) is 1.92. The van der Waals surface area contributed by atoms with Crippen LogP contribution >= 0.6 is 0 Å². The number of aryl methyl sites for hydroxylation is 1. The van der Waals surface area contributed by atoms with E-state index in [4.69, 9.17) is 4.74 Å². The second-order valence-corrected chi connectivity index (χ2v) is 8.88. The normalized spacial score (nSPS) is 12.3. The second kappa shape index (κ2) is 10.3. The van der Waals surface area contributed by atoms with Crippen LogP contribution in [0.4, 0.5) is 5.69 Å². The first-order valence-electron chi connectivity index (χ1n) is 9.89. The number of sulfonamides is 1. The van der Waals surface area contributed by atoms with E-state index < -0.39 is 10.0 Å². The molecule has 1 unspecified atom stereocenters. The summed E-state index contributed by atoms with van der Waals surface area (Å²) < 4.78 is 32.8. The van der Waals surface area contributed by atoms with Crippen LogP contribution in [0.2, 0.25) is 0 Å². The van der Waals surface area contributed by atoms with Gasteiger partial charge in [-0.3, -0.25) is 9.10 Å². The molecule has 6 nitrogen and oxygen atoms in total. The maximum Gasteiger partial charge on any atom is 0.264 e. The number of rotatable bonds is 10. The lowest BCUT2D eigenvalue weighted by atomic mass is 10.2. The van der Waals surface area contributed by atoms with Crippen molar-refractivity contribution in [3.63, 3.8) is 0 Å². The number of hydrogen-bond donors (Lipinski definition) is 1. The van der Waals surface area contributed by atoms with Crippen molar-refractivity contribution in [2.75, 3.05) is 17.5 Å². The molecule has 2 aromatic carbocycles. The Balaban J connectivity index is 2.05. The Morgan fingerprint density at radius 3 is 2.24 bits per heavy atom. The number of carbonyl (C=O) groups excluding carboxylic acids is 1. The highest BCUT2D eigenvalue weighted by Gasteiger charge is 2.23. The standard InChI is InChI=1S/C22H30N2O4S/c1-5-7-18(4)23-22(25)16-28-20-12-10-19(11-13-20)24(6-2)29(26,27)21-14-8-17(3)9-15-21/h8-15,18H,5-7,16H2,1-4H3,(H,23,25). The van der Waals surface area contributed by atoms with Gasteiger partial charge in [-0.1, -0.05) is 31.0 Å². The smallest absolute Gasteiger partial charge is 0.264 e. The van der Waals surface area contributed by atoms with Crippen molar-refractivity contribution in [1.29, 1.82) is 0 Å². The molecule has 2 rings (SSSR count). The van der Waals surface area contributed by atoms with Crippen molar-refractivity contribution in [2.45, 2.75) is 51.5 Å². The third kappa shape index (κ3) is 6.22. The molecule has 0 saturated carbocycles. The minimum Gasteiger partial charge on any atom is -0.484 e. The van der Waals surface area contributed by atoms with Crippen molar-refractivity contribution in [3.05, 3.63) is 54.1 Å². The van der Waals surface area contributed by atoms with Gasteiger partial charge in [-0.05, 0) is 63.6 Å². The molecule has 0 heterocycles. The molecular weight excluding hydrogens is 388 g/mol. The molecule has 0 saturated heterocycles. The minimum absolute atomic E-state index is 0.0768. The van der Waals surface area contributed by atoms with Crippen LogP contribution in [0.1, 0.15) is 39.2 Å². The fraction of sp³-hybridized carbons (Fsp3) is 0.409. The van der Waals surface area contributed by atoms with Crippen molar-refractivity contribution in [2.24, 2.45) is 0 Å². The predicted molar refractivity (Wildman–Crippen MR) is 116 cm³/mol. The van der Waals surface area contributed by atoms with Gasteiger partial charge in [0.15, 0.2) is 6.61 Å². The molecule has 0 radical (unpaired) electrons. The molecule has 1 N–H and O–H groups in total. The summed E-state index contributed by atoms with van der Waals surface area (Å²) in [7, 11) is -3.65. The van der Waals surface area contributed by atoms with E-state index in [1.54, 1.807) is 55.5 Å². The van der Waals surface area contributed by atoms with Crippen molar-refractivity contribution < 1.29 is 17.9 Å². The Bertz CT molecular complexity index is 893. The van der Waals surface area contributed by atoms with E-state index in [9.17, 15) is 13.2 Å². The van der Waals surface area contributed by atoms with E-state index >= 15 is 0 Å². The Kier molecular flexibility index (Phi) is 8.08. The Hall–Kier alpha value is -2.54. The second-order valence-electron chi connectivity index (χ2n) is 7.02. The van der Waals surface area contributed by atoms with E-state index in [2.05, 4.69) is 12.2 Å². The molecule has 1 amide bonds. The summed E-state index contributed by atoms with van der Waals surface area (Å²) in [5.41, 5.74) is 1.54. The van der Waals surface area contributed by atoms with Gasteiger partial charge in [-0.2, -0.15) is 0 Å². The van der Waals surface area contributed by atoms with Gasteiger partial charge in [0.2, 0.25) is 0 Å². The van der Waals surface area contributed by atoms with Crippen LogP contribution in [0.25, 0.3) is 0 Å². The van der Waals surface area contributed by atoms with Crippen molar-refractivity contribution in [1.82, 2.24) is 5.32 Å². The molecule has 158 valence electrons. The van der Waals surface area contributed by atoms with Crippen molar-refractivity contribution >= 4 is 21.6 Å². The fourth-order valence-corrected chi connectivity index (χ4v) is 4.48. The SMILES string of the molecule is CCCC(C)NC(=O)COc1ccc(N(CC)S(=O)(=O)c2ccc(C)cc2)cc1. The molecule has 0 spiro atoms. The van der Waals surface area contributed by atoms with Gasteiger partial charge in [0.25, 0.3) is 15.9 Å². The zero-order valence-corrected chi connectivity index (χ0v) is 18.3. The number of carbonyl (C=O) groups is 1. The van der Waals surface area contributed by atoms with Gasteiger partial charge in [-0.15, -0.1) is 0 Å². The lowest BCUT2D eigenvalue weighted by molar-refractivity contribution is -0.123. The Labute approximate surface area is 173 Å². The number of ether oxygens (including phenoxy) is 1. The Morgan fingerprint density at radius 2 is 1.69 bits per heavy atom. The molecule has 29 heavy (non-hydrogen) atoms. The summed E-state index contributed by atoms with van der Waals surface area (Å²) in [5, 5.41) is 2.88. The number of anilines is 1. The third-order valence-electron chi connectivity index (χ3n) is 4.52. The molecule has 0 aromatic heterocycles. The summed E-state index contributed by atoms with van der Waals surface area (Å²) in [4.78, 5) is 12.2. The highest BCUT2D eigenvalue weighted by atomic mass is 32.2. The molecule has 2 aromatic rings. The third-order valence-corrected chi connectivity index (χ3v) is 6.44. The lowest BCUT2D eigenvalue weighted by Crippen LogP contribution is -2.35. The van der Waals surface area contributed by atoms with Crippen LogP contribution in [-0.4, -0.2) is 33.5 Å². The summed E-state index contributed by atoms with van der Waals surface area (Å²) in [6.45, 7) is 7.96. The summed E-state index contributed by atoms with van der Waals surface area (Å²) >= 11 is 0. The number of nitrogens with zero attached hydrogens (tertiary/aromatic N) is 1. The van der Waals surface area contributed by atoms with E-state index in [0.29, 0.717) is 18.0 Å². The van der Waals surface area contributed by atoms with E-state index in [1.807, 2.05) is 13.8 Å². The molecule has 0 aliphatic rings. The average Bonchev–Trinajstić information content (AvgIpc) is 2.68. The van der Waals surface area contributed by atoms with Gasteiger partial charge in [-0.25, -0.2) is 8.42 Å². The van der Waals surface area contributed by atoms with Crippen LogP contribution in [0.15, 0.2) is 53.4 Å². The molecule has 0 fully saturated rings. The number of hydrogen-bond acceptors (Lipinski definition) is 4. The maximum absolute atomic E-state index is 13.0. The molecular formula is C22H30N2O4S. The van der Waals surface area contributed by atoms with E-state index in [1.165, 1.54) is 4.31 Å². The van der Waals surface area contributed by atoms with Gasteiger partial charge in [0.05, 0.1) is 10.6 Å². The number of amides is 1. The zero-order chi connectivity index (χ0) is 21.4. The molecule has 0 aliphatic carbocycles. The predicted octanol–water partition coefficient (Wildman–Crippen LogP) is 3.89. The zero-order valence-electron chi connectivity index (χ0n) is 17.5. The van der Waals surface area contributed by atoms with Crippen LogP contribution in [0.5, 0.6) is 5.75 Å². The first-order valence-corrected chi connectivity index (χ1v) is 11.3. The van der Waals surface area contributed by atoms with Crippen molar-refractivity contribution in [3.8, 4) is 5.75 Å².